The van der Waals surface area contributed by atoms with Crippen LogP contribution in [-0.4, -0.2) is 71.8 Å². The van der Waals surface area contributed by atoms with E-state index in [2.05, 4.69) is 6.92 Å². The van der Waals surface area contributed by atoms with E-state index in [1.165, 1.54) is 0 Å². The fraction of sp³-hybridized carbons (Fsp3) is 1.00. The van der Waals surface area contributed by atoms with Crippen LogP contribution in [0.1, 0.15) is 27.2 Å². The number of hydrogen-bond acceptors (Lipinski definition) is 6. The third-order valence-corrected chi connectivity index (χ3v) is 1.90. The summed E-state index contributed by atoms with van der Waals surface area (Å²) >= 11 is 0. The quantitative estimate of drug-likeness (QED) is 0.451. The molecule has 0 aliphatic carbocycles. The van der Waals surface area contributed by atoms with Gasteiger partial charge in [0.1, 0.15) is 6.10 Å². The van der Waals surface area contributed by atoms with Gasteiger partial charge in [0.05, 0.1) is 38.6 Å². The van der Waals surface area contributed by atoms with Crippen molar-refractivity contribution in [2.45, 2.75) is 45.5 Å². The van der Waals surface area contributed by atoms with E-state index in [1.807, 2.05) is 13.8 Å². The van der Waals surface area contributed by atoms with Crippen LogP contribution in [0.3, 0.4) is 0 Å². The molecule has 2 atom stereocenters. The van der Waals surface area contributed by atoms with E-state index in [-0.39, 0.29) is 32.0 Å². The topological polar surface area (TPSA) is 99.4 Å². The monoisotopic (exact) mass is 268 g/mol. The lowest BCUT2D eigenvalue weighted by molar-refractivity contribution is -0.0451. The highest BCUT2D eigenvalue weighted by atomic mass is 16.5. The first-order valence-corrected chi connectivity index (χ1v) is 6.25. The number of hydrogen-bond donors (Lipinski definition) is 4. The van der Waals surface area contributed by atoms with Gasteiger partial charge in [0.25, 0.3) is 0 Å². The Kier molecular flexibility index (Phi) is 16.5. The summed E-state index contributed by atoms with van der Waals surface area (Å²) in [4.78, 5) is 0. The van der Waals surface area contributed by atoms with Crippen LogP contribution in [0.5, 0.6) is 0 Å². The molecular formula is C12H28O6. The summed E-state index contributed by atoms with van der Waals surface area (Å²) in [5.74, 6) is 0. The Hall–Kier alpha value is -0.240. The molecule has 0 amide bonds. The number of rotatable bonds is 9. The molecule has 112 valence electrons. The molecule has 0 saturated carbocycles. The highest BCUT2D eigenvalue weighted by molar-refractivity contribution is 4.50. The fourth-order valence-electron chi connectivity index (χ4n) is 0.777. The SMILES string of the molecule is CCCOC(C)COC(C)CO.OCC(O)CO. The largest absolute Gasteiger partial charge is 0.394 e. The third kappa shape index (κ3) is 15.8. The van der Waals surface area contributed by atoms with Gasteiger partial charge < -0.3 is 29.9 Å². The van der Waals surface area contributed by atoms with Gasteiger partial charge in [-0.3, -0.25) is 0 Å². The Bertz CT molecular complexity index is 152. The molecule has 0 aliphatic rings. The lowest BCUT2D eigenvalue weighted by Gasteiger charge is -2.15. The predicted molar refractivity (Wildman–Crippen MR) is 68.4 cm³/mol. The smallest absolute Gasteiger partial charge is 0.100 e. The van der Waals surface area contributed by atoms with Crippen LogP contribution < -0.4 is 0 Å². The molecule has 0 heterocycles. The van der Waals surface area contributed by atoms with Crippen LogP contribution in [-0.2, 0) is 9.47 Å². The summed E-state index contributed by atoms with van der Waals surface area (Å²) in [6, 6.07) is 0. The minimum absolute atomic E-state index is 0.0699. The summed E-state index contributed by atoms with van der Waals surface area (Å²) in [5, 5.41) is 32.7. The standard InChI is InChI=1S/C9H20O3.C3H8O3/c1-4-5-11-9(3)7-12-8(2)6-10;4-1-3(6)2-5/h8-10H,4-7H2,1-3H3;3-6H,1-2H2. The first kappa shape index (κ1) is 20.1. The van der Waals surface area contributed by atoms with E-state index >= 15 is 0 Å². The van der Waals surface area contributed by atoms with E-state index in [4.69, 9.17) is 29.9 Å². The highest BCUT2D eigenvalue weighted by Crippen LogP contribution is 1.96. The zero-order chi connectivity index (χ0) is 14.4. The molecule has 2 unspecified atom stereocenters. The maximum atomic E-state index is 8.66. The van der Waals surface area contributed by atoms with Crippen molar-refractivity contribution < 1.29 is 29.9 Å². The van der Waals surface area contributed by atoms with Gasteiger partial charge in [-0.15, -0.1) is 0 Å². The van der Waals surface area contributed by atoms with Gasteiger partial charge in [0.2, 0.25) is 0 Å². The van der Waals surface area contributed by atoms with Gasteiger partial charge in [0.15, 0.2) is 0 Å². The van der Waals surface area contributed by atoms with Crippen LogP contribution in [0.15, 0.2) is 0 Å². The third-order valence-electron chi connectivity index (χ3n) is 1.90. The molecule has 0 bridgehead atoms. The minimum atomic E-state index is -0.954. The molecule has 0 spiro atoms. The molecule has 0 rings (SSSR count). The van der Waals surface area contributed by atoms with E-state index in [9.17, 15) is 0 Å². The zero-order valence-electron chi connectivity index (χ0n) is 11.6. The Morgan fingerprint density at radius 3 is 1.78 bits per heavy atom. The number of aliphatic hydroxyl groups excluding tert-OH is 4. The molecule has 0 aliphatic heterocycles. The molecule has 0 saturated heterocycles. The molecule has 6 heteroatoms. The predicted octanol–water partition coefficient (Wildman–Crippen LogP) is -0.469. The fourth-order valence-corrected chi connectivity index (χ4v) is 0.777. The van der Waals surface area contributed by atoms with E-state index in [0.29, 0.717) is 6.61 Å². The molecule has 0 fully saturated rings. The normalized spacial score (nSPS) is 14.0. The molecule has 0 aromatic rings. The second-order valence-corrected chi connectivity index (χ2v) is 4.03. The van der Waals surface area contributed by atoms with Crippen molar-refractivity contribution >= 4 is 0 Å². The Morgan fingerprint density at radius 2 is 1.44 bits per heavy atom. The van der Waals surface area contributed by atoms with Crippen LogP contribution in [0, 0.1) is 0 Å². The van der Waals surface area contributed by atoms with Gasteiger partial charge >= 0.3 is 0 Å². The molecule has 0 aromatic carbocycles. The van der Waals surface area contributed by atoms with E-state index in [0.717, 1.165) is 13.0 Å². The van der Waals surface area contributed by atoms with E-state index in [1.54, 1.807) is 0 Å². The highest BCUT2D eigenvalue weighted by Gasteiger charge is 2.04. The van der Waals surface area contributed by atoms with Gasteiger partial charge in [-0.1, -0.05) is 6.92 Å². The Balaban J connectivity index is 0. The number of aliphatic hydroxyl groups is 4. The summed E-state index contributed by atoms with van der Waals surface area (Å²) in [7, 11) is 0. The molecule has 18 heavy (non-hydrogen) atoms. The second kappa shape index (κ2) is 14.8. The maximum Gasteiger partial charge on any atom is 0.100 e. The average Bonchev–Trinajstić information content (AvgIpc) is 2.41. The van der Waals surface area contributed by atoms with Crippen molar-refractivity contribution in [3.63, 3.8) is 0 Å². The number of ether oxygens (including phenoxy) is 2. The molecule has 0 radical (unpaired) electrons. The molecule has 6 nitrogen and oxygen atoms in total. The van der Waals surface area contributed by atoms with Crippen LogP contribution >= 0.6 is 0 Å². The van der Waals surface area contributed by atoms with Crippen molar-refractivity contribution in [2.75, 3.05) is 33.0 Å². The molecular weight excluding hydrogens is 240 g/mol. The minimum Gasteiger partial charge on any atom is -0.394 e. The lowest BCUT2D eigenvalue weighted by Crippen LogP contribution is -2.22. The zero-order valence-corrected chi connectivity index (χ0v) is 11.6. The molecule has 4 N–H and O–H groups in total. The lowest BCUT2D eigenvalue weighted by atomic mass is 10.4. The summed E-state index contributed by atoms with van der Waals surface area (Å²) in [6.07, 6.45) is 0.113. The van der Waals surface area contributed by atoms with Crippen molar-refractivity contribution in [1.82, 2.24) is 0 Å². The second-order valence-electron chi connectivity index (χ2n) is 4.03. The van der Waals surface area contributed by atoms with Crippen molar-refractivity contribution in [2.24, 2.45) is 0 Å². The average molecular weight is 268 g/mol. The summed E-state index contributed by atoms with van der Waals surface area (Å²) < 4.78 is 10.7. The van der Waals surface area contributed by atoms with Crippen molar-refractivity contribution in [3.05, 3.63) is 0 Å². The first-order chi connectivity index (χ1) is 8.51. The summed E-state index contributed by atoms with van der Waals surface area (Å²) in [6.45, 7) is 6.56. The van der Waals surface area contributed by atoms with Gasteiger partial charge in [-0.25, -0.2) is 0 Å². The van der Waals surface area contributed by atoms with E-state index < -0.39 is 6.10 Å². The maximum absolute atomic E-state index is 8.66. The van der Waals surface area contributed by atoms with Crippen LogP contribution in [0.25, 0.3) is 0 Å². The van der Waals surface area contributed by atoms with Gasteiger partial charge in [0, 0.05) is 6.61 Å². The van der Waals surface area contributed by atoms with Crippen molar-refractivity contribution in [3.8, 4) is 0 Å². The Labute approximate surface area is 109 Å². The first-order valence-electron chi connectivity index (χ1n) is 6.25. The van der Waals surface area contributed by atoms with Crippen LogP contribution in [0.4, 0.5) is 0 Å². The summed E-state index contributed by atoms with van der Waals surface area (Å²) in [5.41, 5.74) is 0. The van der Waals surface area contributed by atoms with Crippen LogP contribution in [0.2, 0.25) is 0 Å². The Morgan fingerprint density at radius 1 is 0.889 bits per heavy atom. The molecule has 0 aromatic heterocycles. The van der Waals surface area contributed by atoms with Gasteiger partial charge in [-0.05, 0) is 20.3 Å². The van der Waals surface area contributed by atoms with Gasteiger partial charge in [-0.2, -0.15) is 0 Å². The van der Waals surface area contributed by atoms with Crippen molar-refractivity contribution in [1.29, 1.82) is 0 Å².